The number of halogens is 1. The zero-order chi connectivity index (χ0) is 43.8. The maximum Gasteiger partial charge on any atom is 0.329 e. The summed E-state index contributed by atoms with van der Waals surface area (Å²) >= 11 is 0. The molecule has 1 saturated carbocycles. The molecule has 59 heavy (non-hydrogen) atoms. The molecule has 0 aromatic rings. The van der Waals surface area contributed by atoms with Gasteiger partial charge in [-0.15, -0.1) is 0 Å². The van der Waals surface area contributed by atoms with Gasteiger partial charge in [0.25, 0.3) is 11.7 Å². The Hall–Kier alpha value is -2.97. The van der Waals surface area contributed by atoms with Gasteiger partial charge in [-0.25, -0.2) is 9.18 Å². The number of ketones is 2. The number of cyclic esters (lactones) is 1. The van der Waals surface area contributed by atoms with Crippen LogP contribution in [0.15, 0.2) is 35.1 Å². The number of allylic oxidation sites excluding steroid dienone is 5. The van der Waals surface area contributed by atoms with Gasteiger partial charge in [0.05, 0.1) is 24.1 Å². The molecule has 4 rings (SSSR count). The molecule has 13 heteroatoms. The number of nitrogens with zero attached hydrogens (tertiary/aromatic N) is 1. The van der Waals surface area contributed by atoms with Gasteiger partial charge in [-0.1, -0.05) is 39.8 Å². The van der Waals surface area contributed by atoms with Crippen LogP contribution in [0.3, 0.4) is 0 Å². The molecule has 14 atom stereocenters. The average Bonchev–Trinajstić information content (AvgIpc) is 3.23. The van der Waals surface area contributed by atoms with Crippen LogP contribution >= 0.6 is 0 Å². The summed E-state index contributed by atoms with van der Waals surface area (Å²) in [6.45, 7) is 14.5. The van der Waals surface area contributed by atoms with Crippen LogP contribution in [0.4, 0.5) is 4.39 Å². The maximum atomic E-state index is 16.2. The average molecular weight is 834 g/mol. The van der Waals surface area contributed by atoms with Crippen LogP contribution in [0.1, 0.15) is 126 Å². The van der Waals surface area contributed by atoms with Crippen LogP contribution in [0.5, 0.6) is 0 Å². The highest BCUT2D eigenvalue weighted by Crippen LogP contribution is 2.39. The number of alkyl halides is 1. The molecule has 3 aliphatic heterocycles. The van der Waals surface area contributed by atoms with Gasteiger partial charge >= 0.3 is 5.97 Å². The summed E-state index contributed by atoms with van der Waals surface area (Å²) in [4.78, 5) is 57.8. The van der Waals surface area contributed by atoms with E-state index >= 15 is 4.39 Å². The number of methoxy groups -OCH3 is 2. The van der Waals surface area contributed by atoms with E-state index in [9.17, 15) is 29.4 Å². The number of hydrogen-bond donors (Lipinski definition) is 2. The molecule has 14 unspecified atom stereocenters. The van der Waals surface area contributed by atoms with Gasteiger partial charge in [0.15, 0.2) is 0 Å². The van der Waals surface area contributed by atoms with Crippen molar-refractivity contribution < 1.29 is 57.5 Å². The van der Waals surface area contributed by atoms with E-state index in [1.807, 2.05) is 40.7 Å². The van der Waals surface area contributed by atoms with Gasteiger partial charge in [0.2, 0.25) is 5.79 Å². The van der Waals surface area contributed by atoms with Gasteiger partial charge in [-0.3, -0.25) is 14.4 Å². The normalized spacial score (nSPS) is 39.4. The van der Waals surface area contributed by atoms with Crippen LogP contribution in [0.2, 0.25) is 0 Å². The summed E-state index contributed by atoms with van der Waals surface area (Å²) in [6, 6.07) is -1.10. The highest BCUT2D eigenvalue weighted by molar-refractivity contribution is 6.39. The maximum absolute atomic E-state index is 16.2. The number of fused-ring (bicyclic) bond motifs is 3. The number of Topliss-reactive ketones (excluding diaryl/α,β-unsaturated/α-hetero) is 2. The molecule has 3 fully saturated rings. The Bertz CT molecular complexity index is 1560. The van der Waals surface area contributed by atoms with E-state index in [4.69, 9.17) is 23.7 Å². The fraction of sp³-hybridized carbons (Fsp3) is 0.783. The lowest BCUT2D eigenvalue weighted by molar-refractivity contribution is -0.302. The first-order chi connectivity index (χ1) is 27.9. The molecule has 2 bridgehead atoms. The fourth-order valence-electron chi connectivity index (χ4n) is 9.48. The van der Waals surface area contributed by atoms with Gasteiger partial charge < -0.3 is 38.8 Å². The Morgan fingerprint density at radius 3 is 2.29 bits per heavy atom. The monoisotopic (exact) mass is 834 g/mol. The highest BCUT2D eigenvalue weighted by Gasteiger charge is 2.56. The predicted molar refractivity (Wildman–Crippen MR) is 220 cm³/mol. The lowest BCUT2D eigenvalue weighted by Gasteiger charge is -2.47. The molecule has 334 valence electrons. The first-order valence-electron chi connectivity index (χ1n) is 21.9. The second kappa shape index (κ2) is 21.7. The summed E-state index contributed by atoms with van der Waals surface area (Å²) in [7, 11) is 2.92. The third-order valence-electron chi connectivity index (χ3n) is 13.4. The Kier molecular flexibility index (Phi) is 17.9. The van der Waals surface area contributed by atoms with Crippen LogP contribution in [0.25, 0.3) is 0 Å². The zero-order valence-corrected chi connectivity index (χ0v) is 37.1. The first-order valence-corrected chi connectivity index (χ1v) is 21.9. The van der Waals surface area contributed by atoms with Gasteiger partial charge in [-0.2, -0.15) is 0 Å². The van der Waals surface area contributed by atoms with Crippen molar-refractivity contribution in [2.45, 2.75) is 181 Å². The molecule has 1 aliphatic carbocycles. The lowest BCUT2D eigenvalue weighted by atomic mass is 9.81. The van der Waals surface area contributed by atoms with Crippen molar-refractivity contribution in [1.82, 2.24) is 4.90 Å². The Morgan fingerprint density at radius 1 is 0.966 bits per heavy atom. The minimum Gasteiger partial charge on any atom is -0.493 e. The lowest BCUT2D eigenvalue weighted by Crippen LogP contribution is -2.64. The van der Waals surface area contributed by atoms with Gasteiger partial charge in [0, 0.05) is 39.0 Å². The minimum atomic E-state index is -2.57. The molecule has 0 aromatic heterocycles. The molecular weight excluding hydrogens is 761 g/mol. The Balaban J connectivity index is 1.75. The summed E-state index contributed by atoms with van der Waals surface area (Å²) in [5.41, 5.74) is 1.18. The molecule has 1 amide bonds. The van der Waals surface area contributed by atoms with Crippen LogP contribution in [-0.4, -0.2) is 114 Å². The van der Waals surface area contributed by atoms with E-state index in [0.29, 0.717) is 50.5 Å². The topological polar surface area (TPSA) is 158 Å². The van der Waals surface area contributed by atoms with E-state index in [0.717, 1.165) is 11.3 Å². The van der Waals surface area contributed by atoms with E-state index in [-0.39, 0.29) is 49.8 Å². The van der Waals surface area contributed by atoms with Crippen molar-refractivity contribution in [3.05, 3.63) is 35.1 Å². The van der Waals surface area contributed by atoms with E-state index in [1.165, 1.54) is 19.1 Å². The molecule has 2 N–H and O–H groups in total. The second-order valence-corrected chi connectivity index (χ2v) is 17.8. The Morgan fingerprint density at radius 2 is 1.64 bits per heavy atom. The summed E-state index contributed by atoms with van der Waals surface area (Å²) in [5, 5.41) is 22.8. The molecule has 0 radical (unpaired) electrons. The second-order valence-electron chi connectivity index (χ2n) is 17.8. The summed E-state index contributed by atoms with van der Waals surface area (Å²) < 4.78 is 46.4. The van der Waals surface area contributed by atoms with Crippen molar-refractivity contribution in [2.24, 2.45) is 29.6 Å². The number of amides is 1. The summed E-state index contributed by atoms with van der Waals surface area (Å²) in [5.74, 6) is -7.14. The smallest absolute Gasteiger partial charge is 0.329 e. The minimum absolute atomic E-state index is 0.0159. The number of ether oxygens (including phenoxy) is 5. The Labute approximate surface area is 351 Å². The molecule has 3 heterocycles. The molecule has 12 nitrogen and oxygen atoms in total. The number of aliphatic hydroxyl groups is 2. The number of carbonyl (C=O) groups is 4. The third-order valence-corrected chi connectivity index (χ3v) is 13.4. The van der Waals surface area contributed by atoms with Crippen molar-refractivity contribution in [3.63, 3.8) is 0 Å². The van der Waals surface area contributed by atoms with E-state index in [2.05, 4.69) is 6.08 Å². The zero-order valence-electron chi connectivity index (χ0n) is 37.1. The molecule has 0 spiro atoms. The SMILES string of the molecule is CC=C(C)OC1CC(C=C(C)C2OC(=O)C3CCCCN3C(=O)C(=O)C3(O)OC(C(OC)CC(C)C(F)C(C)=CC(CC)C(=O)CCC2C)C(OC)CC3C)CCC1O. The number of esters is 1. The quantitative estimate of drug-likeness (QED) is 0.121. The van der Waals surface area contributed by atoms with Crippen LogP contribution in [-0.2, 0) is 42.9 Å². The highest BCUT2D eigenvalue weighted by atomic mass is 19.1. The number of aliphatic hydroxyl groups excluding tert-OH is 1. The number of piperidine rings is 1. The molecule has 4 aliphatic rings. The predicted octanol–water partition coefficient (Wildman–Crippen LogP) is 6.74. The summed E-state index contributed by atoms with van der Waals surface area (Å²) in [6.07, 6.45) is 4.39. The molecule has 0 aromatic carbocycles. The van der Waals surface area contributed by atoms with Crippen LogP contribution < -0.4 is 0 Å². The third kappa shape index (κ3) is 11.7. The first kappa shape index (κ1) is 48.7. The van der Waals surface area contributed by atoms with Crippen LogP contribution in [0, 0.1) is 29.6 Å². The van der Waals surface area contributed by atoms with Crippen molar-refractivity contribution in [3.8, 4) is 0 Å². The number of rotatable bonds is 7. The largest absolute Gasteiger partial charge is 0.493 e. The standard InChI is InChI=1S/C46H72FNO11/c1-11-31(8)57-37-25-32(17-19-36(37)50)21-29(6)41-26(3)16-18-35(49)33(12-2)22-27(4)40(47)28(5)23-38(55-9)42-39(56-10)24-30(7)46(54,59-42)43(51)44(52)48-20-14-13-15-34(48)45(53)58-41/h11,21-22,26,28,30,32-34,36-42,50,54H,12-20,23-25H2,1-10H3. The van der Waals surface area contributed by atoms with Crippen molar-refractivity contribution in [1.29, 1.82) is 0 Å². The number of hydrogen-bond acceptors (Lipinski definition) is 11. The van der Waals surface area contributed by atoms with E-state index < -0.39 is 90.0 Å². The van der Waals surface area contributed by atoms with Crippen molar-refractivity contribution >= 4 is 23.4 Å². The molecule has 2 saturated heterocycles. The van der Waals surface area contributed by atoms with Crippen molar-refractivity contribution in [2.75, 3.05) is 20.8 Å². The van der Waals surface area contributed by atoms with Gasteiger partial charge in [-0.05, 0) is 127 Å². The number of carbonyl (C=O) groups excluding carboxylic acids is 4. The van der Waals surface area contributed by atoms with E-state index in [1.54, 1.807) is 26.8 Å². The molecular formula is C46H72FNO11. The fourth-order valence-corrected chi connectivity index (χ4v) is 9.48. The van der Waals surface area contributed by atoms with Gasteiger partial charge in [0.1, 0.15) is 36.3 Å².